The predicted molar refractivity (Wildman–Crippen MR) is 132 cm³/mol. The van der Waals surface area contributed by atoms with Crippen LogP contribution in [0.25, 0.3) is 0 Å². The van der Waals surface area contributed by atoms with Crippen molar-refractivity contribution in [3.05, 3.63) is 69.7 Å². The Labute approximate surface area is 204 Å². The molecule has 0 bridgehead atoms. The van der Waals surface area contributed by atoms with Gasteiger partial charge in [-0.15, -0.1) is 0 Å². The first-order chi connectivity index (χ1) is 16.1. The quantitative estimate of drug-likeness (QED) is 0.631. The molecule has 0 aromatic heterocycles. The molecule has 2 amide bonds. The molecule has 2 N–H and O–H groups in total. The minimum absolute atomic E-state index is 0.0361. The third-order valence-corrected chi connectivity index (χ3v) is 8.63. The Morgan fingerprint density at radius 3 is 2.47 bits per heavy atom. The van der Waals surface area contributed by atoms with Crippen LogP contribution in [0.5, 0.6) is 0 Å². The molecule has 1 saturated heterocycles. The molecule has 2 aliphatic rings. The number of carbonyl (C=O) groups is 2. The van der Waals surface area contributed by atoms with Gasteiger partial charge in [-0.1, -0.05) is 17.7 Å². The number of piperidine rings is 1. The highest BCUT2D eigenvalue weighted by Gasteiger charge is 2.47. The van der Waals surface area contributed by atoms with Crippen LogP contribution in [0.4, 0.5) is 0 Å². The van der Waals surface area contributed by atoms with E-state index < -0.39 is 15.6 Å². The number of rotatable bonds is 6. The van der Waals surface area contributed by atoms with E-state index in [0.717, 1.165) is 16.7 Å². The maximum atomic E-state index is 13.0. The van der Waals surface area contributed by atoms with Gasteiger partial charge in [0, 0.05) is 36.3 Å². The number of carbonyl (C=O) groups excluding carboxylic acids is 2. The fourth-order valence-corrected chi connectivity index (χ4v) is 5.97. The fraction of sp³-hybridized carbons (Fsp3) is 0.375. The molecule has 1 spiro atoms. The molecule has 180 valence electrons. The summed E-state index contributed by atoms with van der Waals surface area (Å²) in [7, 11) is -1.93. The van der Waals surface area contributed by atoms with Crippen molar-refractivity contribution in [3.8, 4) is 0 Å². The average Bonchev–Trinajstić information content (AvgIpc) is 3.13. The second-order valence-electron chi connectivity index (χ2n) is 8.64. The molecule has 34 heavy (non-hydrogen) atoms. The van der Waals surface area contributed by atoms with Crippen LogP contribution in [-0.2, 0) is 21.2 Å². The summed E-state index contributed by atoms with van der Waals surface area (Å²) in [6.45, 7) is 2.34. The van der Waals surface area contributed by atoms with Crippen molar-refractivity contribution in [2.24, 2.45) is 4.99 Å². The van der Waals surface area contributed by atoms with Gasteiger partial charge < -0.3 is 10.6 Å². The van der Waals surface area contributed by atoms with E-state index in [1.165, 1.54) is 4.31 Å². The topological polar surface area (TPSA) is 108 Å². The average molecular weight is 503 g/mol. The Morgan fingerprint density at radius 2 is 1.85 bits per heavy atom. The minimum Gasteiger partial charge on any atom is -0.355 e. The highest BCUT2D eigenvalue weighted by molar-refractivity contribution is 7.89. The summed E-state index contributed by atoms with van der Waals surface area (Å²) in [6, 6.07) is 12.3. The van der Waals surface area contributed by atoms with Crippen molar-refractivity contribution in [1.82, 2.24) is 14.9 Å². The van der Waals surface area contributed by atoms with Crippen molar-refractivity contribution in [2.45, 2.75) is 31.7 Å². The van der Waals surface area contributed by atoms with Gasteiger partial charge in [-0.05, 0) is 73.7 Å². The highest BCUT2D eigenvalue weighted by atomic mass is 35.5. The number of amidine groups is 1. The van der Waals surface area contributed by atoms with Crippen LogP contribution in [0, 0.1) is 6.92 Å². The lowest BCUT2D eigenvalue weighted by molar-refractivity contribution is -0.124. The summed E-state index contributed by atoms with van der Waals surface area (Å²) in [6.07, 6.45) is 1.01. The van der Waals surface area contributed by atoms with Gasteiger partial charge in [-0.3, -0.25) is 14.6 Å². The molecule has 0 radical (unpaired) electrons. The van der Waals surface area contributed by atoms with Crippen molar-refractivity contribution in [3.63, 3.8) is 0 Å². The number of nitrogens with one attached hydrogen (secondary N) is 2. The van der Waals surface area contributed by atoms with E-state index in [2.05, 4.69) is 15.6 Å². The summed E-state index contributed by atoms with van der Waals surface area (Å²) in [5.41, 5.74) is 2.13. The lowest BCUT2D eigenvalue weighted by Gasteiger charge is -2.34. The van der Waals surface area contributed by atoms with Gasteiger partial charge in [0.15, 0.2) is 0 Å². The molecular formula is C24H27ClN4O4S. The number of nitrogens with zero attached hydrogens (tertiary/aromatic N) is 2. The van der Waals surface area contributed by atoms with Crippen LogP contribution >= 0.6 is 11.6 Å². The lowest BCUT2D eigenvalue weighted by Crippen LogP contribution is -2.50. The Morgan fingerprint density at radius 1 is 1.18 bits per heavy atom. The van der Waals surface area contributed by atoms with E-state index in [4.69, 9.17) is 11.6 Å². The summed E-state index contributed by atoms with van der Waals surface area (Å²) in [5.74, 6) is 0.0865. The zero-order chi connectivity index (χ0) is 24.5. The Balaban J connectivity index is 1.40. The minimum atomic E-state index is -3.50. The lowest BCUT2D eigenvalue weighted by atomic mass is 9.89. The highest BCUT2D eigenvalue weighted by Crippen LogP contribution is 2.32. The molecule has 2 aromatic carbocycles. The maximum absolute atomic E-state index is 13.0. The van der Waals surface area contributed by atoms with E-state index in [9.17, 15) is 18.0 Å². The standard InChI is InChI=1S/C24H27ClN4O4S/c1-16-15-19(22(30)26-2)4-3-17(16)9-14-34(32,33)29-12-10-24(11-13-29)23(31)27-21(28-24)18-5-7-20(25)8-6-18/h3-8,15H,9-14H2,1-2H3,(H,26,30)(H,27,28,31). The van der Waals surface area contributed by atoms with Crippen LogP contribution in [0.1, 0.15) is 39.9 Å². The molecule has 0 atom stereocenters. The largest absolute Gasteiger partial charge is 0.355 e. The van der Waals surface area contributed by atoms with Gasteiger partial charge in [-0.2, -0.15) is 0 Å². The molecule has 2 aromatic rings. The van der Waals surface area contributed by atoms with Gasteiger partial charge >= 0.3 is 0 Å². The molecule has 2 heterocycles. The molecule has 0 saturated carbocycles. The number of aryl methyl sites for hydroxylation is 2. The van der Waals surface area contributed by atoms with Crippen molar-refractivity contribution in [2.75, 3.05) is 25.9 Å². The van der Waals surface area contributed by atoms with E-state index in [-0.39, 0.29) is 30.7 Å². The van der Waals surface area contributed by atoms with Crippen LogP contribution in [0.2, 0.25) is 5.02 Å². The second kappa shape index (κ2) is 9.48. The number of benzene rings is 2. The summed E-state index contributed by atoms with van der Waals surface area (Å²) < 4.78 is 27.5. The summed E-state index contributed by atoms with van der Waals surface area (Å²) in [4.78, 5) is 29.2. The number of hydrogen-bond acceptors (Lipinski definition) is 5. The molecule has 1 fully saturated rings. The number of halogens is 1. The van der Waals surface area contributed by atoms with E-state index in [1.807, 2.05) is 6.92 Å². The van der Waals surface area contributed by atoms with Crippen LogP contribution < -0.4 is 10.6 Å². The number of aliphatic imine (C=N–C) groups is 1. The first-order valence-corrected chi connectivity index (χ1v) is 13.1. The molecule has 0 aliphatic carbocycles. The van der Waals surface area contributed by atoms with Crippen LogP contribution in [-0.4, -0.2) is 61.8 Å². The normalized spacial score (nSPS) is 18.0. The van der Waals surface area contributed by atoms with Gasteiger partial charge in [0.1, 0.15) is 11.4 Å². The monoisotopic (exact) mass is 502 g/mol. The number of sulfonamides is 1. The first kappa shape index (κ1) is 24.4. The SMILES string of the molecule is CNC(=O)c1ccc(CCS(=O)(=O)N2CCC3(CC2)N=C(c2ccc(Cl)cc2)NC3=O)c(C)c1. The number of amides is 2. The summed E-state index contributed by atoms with van der Waals surface area (Å²) >= 11 is 5.94. The number of hydrogen-bond donors (Lipinski definition) is 2. The van der Waals surface area contributed by atoms with Gasteiger partial charge in [0.05, 0.1) is 5.75 Å². The third-order valence-electron chi connectivity index (χ3n) is 6.50. The van der Waals surface area contributed by atoms with Crippen molar-refractivity contribution >= 4 is 39.3 Å². The molecule has 10 heteroatoms. The zero-order valence-electron chi connectivity index (χ0n) is 19.1. The zero-order valence-corrected chi connectivity index (χ0v) is 20.7. The Hall–Kier alpha value is -2.75. The predicted octanol–water partition coefficient (Wildman–Crippen LogP) is 2.29. The van der Waals surface area contributed by atoms with E-state index in [1.54, 1.807) is 49.5 Å². The Bertz CT molecular complexity index is 1250. The van der Waals surface area contributed by atoms with Gasteiger partial charge in [0.25, 0.3) is 11.8 Å². The maximum Gasteiger partial charge on any atom is 0.253 e. The molecule has 8 nitrogen and oxygen atoms in total. The molecule has 0 unspecified atom stereocenters. The second-order valence-corrected chi connectivity index (χ2v) is 11.2. The molecular weight excluding hydrogens is 476 g/mol. The fourth-order valence-electron chi connectivity index (χ4n) is 4.36. The molecule has 2 aliphatic heterocycles. The van der Waals surface area contributed by atoms with Crippen LogP contribution in [0.15, 0.2) is 47.5 Å². The molecule has 4 rings (SSSR count). The smallest absolute Gasteiger partial charge is 0.253 e. The van der Waals surface area contributed by atoms with E-state index in [0.29, 0.717) is 35.7 Å². The van der Waals surface area contributed by atoms with E-state index >= 15 is 0 Å². The van der Waals surface area contributed by atoms with Gasteiger partial charge in [0.2, 0.25) is 10.0 Å². The van der Waals surface area contributed by atoms with Gasteiger partial charge in [-0.25, -0.2) is 12.7 Å². The van der Waals surface area contributed by atoms with Crippen molar-refractivity contribution < 1.29 is 18.0 Å². The third kappa shape index (κ3) is 4.87. The summed E-state index contributed by atoms with van der Waals surface area (Å²) in [5, 5.41) is 6.02. The Kier molecular flexibility index (Phi) is 6.80. The van der Waals surface area contributed by atoms with Crippen molar-refractivity contribution in [1.29, 1.82) is 0 Å². The van der Waals surface area contributed by atoms with Crippen LogP contribution in [0.3, 0.4) is 0 Å². The first-order valence-electron chi connectivity index (χ1n) is 11.1.